The van der Waals surface area contributed by atoms with Crippen LogP contribution in [0.4, 0.5) is 0 Å². The first kappa shape index (κ1) is 17.6. The predicted molar refractivity (Wildman–Crippen MR) is 96.8 cm³/mol. The maximum absolute atomic E-state index is 11.5. The molecule has 1 aromatic carbocycles. The summed E-state index contributed by atoms with van der Waals surface area (Å²) in [4.78, 5) is 8.99. The van der Waals surface area contributed by atoms with Gasteiger partial charge >= 0.3 is 10.1 Å². The van der Waals surface area contributed by atoms with Crippen LogP contribution in [-0.2, 0) is 10.1 Å². The Balaban J connectivity index is 2.12. The first-order chi connectivity index (χ1) is 11.9. The number of hydrogen-bond acceptors (Lipinski definition) is 7. The number of aromatic nitrogens is 3. The molecule has 0 radical (unpaired) electrons. The highest BCUT2D eigenvalue weighted by Crippen LogP contribution is 2.33. The average Bonchev–Trinajstić information content (AvgIpc) is 3.02. The van der Waals surface area contributed by atoms with Crippen LogP contribution >= 0.6 is 11.8 Å². The van der Waals surface area contributed by atoms with Gasteiger partial charge in [0, 0.05) is 24.0 Å². The molecule has 3 rings (SSSR count). The molecule has 2 aromatic heterocycles. The first-order valence-corrected chi connectivity index (χ1v) is 10.3. The van der Waals surface area contributed by atoms with E-state index in [9.17, 15) is 8.42 Å². The van der Waals surface area contributed by atoms with Crippen molar-refractivity contribution in [3.05, 3.63) is 36.7 Å². The molecule has 2 heterocycles. The zero-order chi connectivity index (χ0) is 18.0. The molecule has 0 saturated heterocycles. The second kappa shape index (κ2) is 6.93. The average molecular weight is 379 g/mol. The summed E-state index contributed by atoms with van der Waals surface area (Å²) >= 11 is 1.60. The number of fused-ring (bicyclic) bond motifs is 1. The number of ether oxygens (including phenoxy) is 1. The van der Waals surface area contributed by atoms with E-state index in [2.05, 4.69) is 9.97 Å². The molecule has 0 bridgehead atoms. The molecule has 0 N–H and O–H groups in total. The second-order valence-corrected chi connectivity index (χ2v) is 7.97. The molecular formula is C16H17N3O4S2. The molecule has 132 valence electrons. The van der Waals surface area contributed by atoms with Gasteiger partial charge in [0.15, 0.2) is 16.7 Å². The molecule has 0 aliphatic carbocycles. The van der Waals surface area contributed by atoms with E-state index in [1.165, 1.54) is 7.11 Å². The summed E-state index contributed by atoms with van der Waals surface area (Å²) < 4.78 is 35.1. The highest BCUT2D eigenvalue weighted by atomic mass is 32.2. The van der Waals surface area contributed by atoms with Gasteiger partial charge in [-0.2, -0.15) is 8.42 Å². The predicted octanol–water partition coefficient (Wildman–Crippen LogP) is 2.86. The zero-order valence-electron chi connectivity index (χ0n) is 14.0. The fourth-order valence-electron chi connectivity index (χ4n) is 2.34. The maximum atomic E-state index is 11.5. The quantitative estimate of drug-likeness (QED) is 0.370. The van der Waals surface area contributed by atoms with Gasteiger partial charge in [-0.15, -0.1) is 0 Å². The molecule has 0 fully saturated rings. The molecule has 3 aromatic rings. The van der Waals surface area contributed by atoms with Crippen LogP contribution in [0.2, 0.25) is 0 Å². The van der Waals surface area contributed by atoms with Gasteiger partial charge in [-0.25, -0.2) is 9.97 Å². The molecule has 0 aliphatic heterocycles. The molecule has 25 heavy (non-hydrogen) atoms. The summed E-state index contributed by atoms with van der Waals surface area (Å²) in [6.45, 7) is 2.05. The third-order valence-electron chi connectivity index (χ3n) is 3.33. The third-order valence-corrected chi connectivity index (χ3v) is 4.65. The third kappa shape index (κ3) is 3.88. The van der Waals surface area contributed by atoms with Gasteiger partial charge in [0.2, 0.25) is 0 Å². The topological polar surface area (TPSA) is 82.8 Å². The molecule has 0 amide bonds. The molecular weight excluding hydrogens is 362 g/mol. The van der Waals surface area contributed by atoms with Gasteiger partial charge in [-0.05, 0) is 24.0 Å². The standard InChI is InChI=1S/C16H17N3O4S2/c1-4-24-16-18-12(10-15-17-7-8-19(15)16)11-5-6-13(22-2)14(9-11)23-25(3,20)21/h5-10H,4H2,1-3H3. The van der Waals surface area contributed by atoms with Gasteiger partial charge < -0.3 is 8.92 Å². The number of benzene rings is 1. The minimum atomic E-state index is -3.67. The van der Waals surface area contributed by atoms with E-state index in [0.29, 0.717) is 17.0 Å². The van der Waals surface area contributed by atoms with E-state index in [1.807, 2.05) is 23.6 Å². The Kier molecular flexibility index (Phi) is 4.87. The highest BCUT2D eigenvalue weighted by molar-refractivity contribution is 7.99. The van der Waals surface area contributed by atoms with Crippen molar-refractivity contribution in [3.8, 4) is 22.8 Å². The summed E-state index contributed by atoms with van der Waals surface area (Å²) in [5.74, 6) is 1.32. The van der Waals surface area contributed by atoms with Crippen molar-refractivity contribution in [1.29, 1.82) is 0 Å². The number of methoxy groups -OCH3 is 1. The van der Waals surface area contributed by atoms with Crippen molar-refractivity contribution in [3.63, 3.8) is 0 Å². The summed E-state index contributed by atoms with van der Waals surface area (Å²) in [5, 5.41) is 0.814. The maximum Gasteiger partial charge on any atom is 0.306 e. The Morgan fingerprint density at radius 3 is 2.72 bits per heavy atom. The van der Waals surface area contributed by atoms with Crippen molar-refractivity contribution in [2.24, 2.45) is 0 Å². The van der Waals surface area contributed by atoms with Crippen LogP contribution < -0.4 is 8.92 Å². The largest absolute Gasteiger partial charge is 0.493 e. The summed E-state index contributed by atoms with van der Waals surface area (Å²) in [6, 6.07) is 6.89. The molecule has 0 atom stereocenters. The number of nitrogens with zero attached hydrogens (tertiary/aromatic N) is 3. The molecule has 0 aliphatic rings. The van der Waals surface area contributed by atoms with Crippen LogP contribution in [0.15, 0.2) is 41.8 Å². The van der Waals surface area contributed by atoms with Crippen LogP contribution in [0.1, 0.15) is 6.92 Å². The number of thioether (sulfide) groups is 1. The molecule has 7 nitrogen and oxygen atoms in total. The van der Waals surface area contributed by atoms with Crippen molar-refractivity contribution < 1.29 is 17.3 Å². The van der Waals surface area contributed by atoms with Crippen molar-refractivity contribution >= 4 is 27.5 Å². The fourth-order valence-corrected chi connectivity index (χ4v) is 3.51. The number of hydrogen-bond donors (Lipinski definition) is 0. The Hall–Kier alpha value is -2.26. The molecule has 0 spiro atoms. The lowest BCUT2D eigenvalue weighted by molar-refractivity contribution is 0.391. The number of imidazole rings is 1. The lowest BCUT2D eigenvalue weighted by Crippen LogP contribution is -2.07. The van der Waals surface area contributed by atoms with Crippen LogP contribution in [0.5, 0.6) is 11.5 Å². The van der Waals surface area contributed by atoms with Crippen molar-refractivity contribution in [2.75, 3.05) is 19.1 Å². The minimum Gasteiger partial charge on any atom is -0.493 e. The first-order valence-electron chi connectivity index (χ1n) is 7.46. The number of rotatable bonds is 6. The molecule has 0 unspecified atom stereocenters. The van der Waals surface area contributed by atoms with Crippen molar-refractivity contribution in [2.45, 2.75) is 12.1 Å². The van der Waals surface area contributed by atoms with E-state index in [0.717, 1.165) is 22.8 Å². The van der Waals surface area contributed by atoms with E-state index >= 15 is 0 Å². The van der Waals surface area contributed by atoms with E-state index < -0.39 is 10.1 Å². The highest BCUT2D eigenvalue weighted by Gasteiger charge is 2.14. The van der Waals surface area contributed by atoms with Crippen LogP contribution in [0, 0.1) is 0 Å². The smallest absolute Gasteiger partial charge is 0.306 e. The molecule has 9 heteroatoms. The SMILES string of the molecule is CCSc1nc(-c2ccc(OC)c(OS(C)(=O)=O)c2)cc2nccn12. The van der Waals surface area contributed by atoms with E-state index in [4.69, 9.17) is 8.92 Å². The van der Waals surface area contributed by atoms with Gasteiger partial charge in [0.1, 0.15) is 5.65 Å². The van der Waals surface area contributed by atoms with E-state index in [1.54, 1.807) is 36.2 Å². The van der Waals surface area contributed by atoms with Gasteiger partial charge in [-0.3, -0.25) is 4.40 Å². The Morgan fingerprint density at radius 1 is 1.24 bits per heavy atom. The van der Waals surface area contributed by atoms with Crippen LogP contribution in [-0.4, -0.2) is 41.9 Å². The monoisotopic (exact) mass is 379 g/mol. The zero-order valence-corrected chi connectivity index (χ0v) is 15.6. The minimum absolute atomic E-state index is 0.122. The second-order valence-electron chi connectivity index (χ2n) is 5.17. The summed E-state index contributed by atoms with van der Waals surface area (Å²) in [5.41, 5.74) is 2.15. The Morgan fingerprint density at radius 2 is 2.04 bits per heavy atom. The van der Waals surface area contributed by atoms with Gasteiger partial charge in [-0.1, -0.05) is 18.7 Å². The molecule has 0 saturated carbocycles. The van der Waals surface area contributed by atoms with Crippen molar-refractivity contribution in [1.82, 2.24) is 14.4 Å². The van der Waals surface area contributed by atoms with Gasteiger partial charge in [0.25, 0.3) is 0 Å². The summed E-state index contributed by atoms with van der Waals surface area (Å²) in [6.07, 6.45) is 4.56. The van der Waals surface area contributed by atoms with E-state index in [-0.39, 0.29) is 5.75 Å². The lowest BCUT2D eigenvalue weighted by Gasteiger charge is -2.11. The fraction of sp³-hybridized carbons (Fsp3) is 0.250. The Labute approximate surface area is 150 Å². The lowest BCUT2D eigenvalue weighted by atomic mass is 10.1. The normalized spacial score (nSPS) is 11.6. The summed E-state index contributed by atoms with van der Waals surface area (Å²) in [7, 11) is -2.22. The van der Waals surface area contributed by atoms with Crippen LogP contribution in [0.25, 0.3) is 16.9 Å². The Bertz CT molecular complexity index is 1020. The van der Waals surface area contributed by atoms with Crippen LogP contribution in [0.3, 0.4) is 0 Å². The van der Waals surface area contributed by atoms with Gasteiger partial charge in [0.05, 0.1) is 19.1 Å².